The van der Waals surface area contributed by atoms with Crippen LogP contribution in [0.3, 0.4) is 0 Å². The fraction of sp³-hybridized carbons (Fsp3) is 0.293. The Morgan fingerprint density at radius 3 is 1.82 bits per heavy atom. The molecule has 4 aromatic carbocycles. The molecule has 2 aliphatic carbocycles. The van der Waals surface area contributed by atoms with Crippen LogP contribution in [0.5, 0.6) is 0 Å². The number of rotatable bonds is 4. The van der Waals surface area contributed by atoms with E-state index in [0.717, 1.165) is 12.8 Å². The number of hydrogen-bond donors (Lipinski definition) is 0. The SMILES string of the molecule is Cc1cccc([C](c2cccc(C)c2)=[Zr]([C]2=CC=CC2)[c]2c(C(C)(C)C)ccc3c2Cc2cc(C(C)(C)C)ccc2-3)c1.Cl.Cl. The molecule has 0 heterocycles. The van der Waals surface area contributed by atoms with Gasteiger partial charge in [-0.1, -0.05) is 0 Å². The summed E-state index contributed by atoms with van der Waals surface area (Å²) < 4.78 is 5.01. The predicted molar refractivity (Wildman–Crippen MR) is 194 cm³/mol. The van der Waals surface area contributed by atoms with Gasteiger partial charge in [-0.05, 0) is 0 Å². The van der Waals surface area contributed by atoms with Crippen LogP contribution in [-0.4, -0.2) is 3.21 Å². The van der Waals surface area contributed by atoms with Crippen molar-refractivity contribution in [3.05, 3.63) is 145 Å². The molecule has 228 valence electrons. The van der Waals surface area contributed by atoms with Gasteiger partial charge in [0, 0.05) is 0 Å². The van der Waals surface area contributed by atoms with Crippen molar-refractivity contribution in [2.24, 2.45) is 0 Å². The smallest absolute Gasteiger partial charge is 0.147 e. The molecular formula is C41H46Cl2Zr. The molecule has 0 unspecified atom stereocenters. The Labute approximate surface area is 285 Å². The van der Waals surface area contributed by atoms with Crippen LogP contribution in [0, 0.1) is 13.8 Å². The van der Waals surface area contributed by atoms with Crippen molar-refractivity contribution in [2.75, 3.05) is 0 Å². The summed E-state index contributed by atoms with van der Waals surface area (Å²) in [5.74, 6) is 0. The molecule has 0 spiro atoms. The minimum absolute atomic E-state index is 0. The fourth-order valence-electron chi connectivity index (χ4n) is 6.79. The molecule has 0 aromatic heterocycles. The van der Waals surface area contributed by atoms with Crippen LogP contribution in [0.25, 0.3) is 11.1 Å². The number of halogens is 2. The monoisotopic (exact) mass is 698 g/mol. The molecular weight excluding hydrogens is 655 g/mol. The molecule has 0 radical (unpaired) electrons. The van der Waals surface area contributed by atoms with Gasteiger partial charge in [0.05, 0.1) is 0 Å². The summed E-state index contributed by atoms with van der Waals surface area (Å²) in [6.07, 6.45) is 9.28. The minimum atomic E-state index is -2.76. The Kier molecular flexibility index (Phi) is 10.4. The summed E-state index contributed by atoms with van der Waals surface area (Å²) >= 11 is -2.76. The second kappa shape index (κ2) is 13.2. The van der Waals surface area contributed by atoms with E-state index in [9.17, 15) is 0 Å². The molecule has 3 heteroatoms. The first-order chi connectivity index (χ1) is 19.9. The van der Waals surface area contributed by atoms with Gasteiger partial charge < -0.3 is 0 Å². The van der Waals surface area contributed by atoms with Gasteiger partial charge in [-0.15, -0.1) is 24.8 Å². The summed E-state index contributed by atoms with van der Waals surface area (Å²) in [5, 5.41) is 0. The van der Waals surface area contributed by atoms with E-state index in [1.165, 1.54) is 44.5 Å². The van der Waals surface area contributed by atoms with Gasteiger partial charge in [0.15, 0.2) is 0 Å². The summed E-state index contributed by atoms with van der Waals surface area (Å²) in [5.41, 5.74) is 14.6. The van der Waals surface area contributed by atoms with Crippen molar-refractivity contribution in [1.82, 2.24) is 0 Å². The average molecular weight is 701 g/mol. The third-order valence-electron chi connectivity index (χ3n) is 8.96. The van der Waals surface area contributed by atoms with Crippen LogP contribution in [0.1, 0.15) is 92.5 Å². The van der Waals surface area contributed by atoms with Crippen molar-refractivity contribution in [3.8, 4) is 11.1 Å². The normalized spacial score (nSPS) is 13.4. The van der Waals surface area contributed by atoms with E-state index >= 15 is 0 Å². The molecule has 0 bridgehead atoms. The number of hydrogen-bond acceptors (Lipinski definition) is 0. The molecule has 2 aliphatic rings. The molecule has 0 amide bonds. The van der Waals surface area contributed by atoms with E-state index in [0.29, 0.717) is 0 Å². The first kappa shape index (κ1) is 34.6. The van der Waals surface area contributed by atoms with Crippen molar-refractivity contribution < 1.29 is 21.3 Å². The Morgan fingerprint density at radius 2 is 1.30 bits per heavy atom. The van der Waals surface area contributed by atoms with Crippen LogP contribution >= 0.6 is 24.8 Å². The van der Waals surface area contributed by atoms with Crippen molar-refractivity contribution in [1.29, 1.82) is 0 Å². The average Bonchev–Trinajstić information content (AvgIpc) is 3.58. The summed E-state index contributed by atoms with van der Waals surface area (Å²) in [4.78, 5) is 0. The maximum absolute atomic E-state index is 2.76. The van der Waals surface area contributed by atoms with Crippen LogP contribution in [0.4, 0.5) is 0 Å². The molecule has 44 heavy (non-hydrogen) atoms. The van der Waals surface area contributed by atoms with Gasteiger partial charge in [0.1, 0.15) is 0 Å². The predicted octanol–water partition coefficient (Wildman–Crippen LogP) is 10.7. The molecule has 0 aliphatic heterocycles. The third kappa shape index (κ3) is 6.63. The molecule has 0 N–H and O–H groups in total. The Hall–Kier alpha value is -2.31. The quantitative estimate of drug-likeness (QED) is 0.175. The van der Waals surface area contributed by atoms with Crippen molar-refractivity contribution in [3.63, 3.8) is 0 Å². The van der Waals surface area contributed by atoms with Crippen molar-refractivity contribution in [2.45, 2.75) is 79.1 Å². The molecule has 4 aromatic rings. The molecule has 6 rings (SSSR count). The molecule has 0 nitrogen and oxygen atoms in total. The van der Waals surface area contributed by atoms with Crippen LogP contribution in [0.2, 0.25) is 0 Å². The maximum atomic E-state index is 2.50. The van der Waals surface area contributed by atoms with E-state index in [-0.39, 0.29) is 35.6 Å². The summed E-state index contributed by atoms with van der Waals surface area (Å²) in [6.45, 7) is 18.7. The van der Waals surface area contributed by atoms with Gasteiger partial charge >= 0.3 is 263 Å². The topological polar surface area (TPSA) is 0 Å². The number of benzene rings is 4. The van der Waals surface area contributed by atoms with E-state index in [4.69, 9.17) is 0 Å². The molecule has 0 atom stereocenters. The largest absolute Gasteiger partial charge is 0.147 e. The molecule has 0 fully saturated rings. The van der Waals surface area contributed by atoms with Gasteiger partial charge in [0.25, 0.3) is 0 Å². The Morgan fingerprint density at radius 1 is 0.682 bits per heavy atom. The van der Waals surface area contributed by atoms with Crippen LogP contribution in [0.15, 0.2) is 100 Å². The van der Waals surface area contributed by atoms with E-state index in [1.807, 2.05) is 0 Å². The zero-order valence-corrected chi connectivity index (χ0v) is 31.6. The minimum Gasteiger partial charge on any atom is -0.147 e. The van der Waals surface area contributed by atoms with Crippen molar-refractivity contribution >= 4 is 31.3 Å². The van der Waals surface area contributed by atoms with Crippen LogP contribution in [-0.2, 0) is 38.5 Å². The first-order valence-electron chi connectivity index (χ1n) is 15.5. The first-order valence-corrected chi connectivity index (χ1v) is 19.2. The third-order valence-corrected chi connectivity index (χ3v) is 16.7. The zero-order valence-electron chi connectivity index (χ0n) is 27.5. The Bertz CT molecular complexity index is 1760. The van der Waals surface area contributed by atoms with Crippen LogP contribution < -0.4 is 3.27 Å². The van der Waals surface area contributed by atoms with E-state index in [1.54, 1.807) is 20.9 Å². The molecule has 0 saturated heterocycles. The second-order valence-electron chi connectivity index (χ2n) is 14.4. The summed E-state index contributed by atoms with van der Waals surface area (Å²) in [6, 6.07) is 30.8. The molecule has 0 saturated carbocycles. The number of aryl methyl sites for hydroxylation is 2. The van der Waals surface area contributed by atoms with Gasteiger partial charge in [-0.2, -0.15) is 0 Å². The maximum Gasteiger partial charge on any atom is -0.147 e. The number of fused-ring (bicyclic) bond motifs is 3. The number of allylic oxidation sites excluding steroid dienone is 4. The van der Waals surface area contributed by atoms with Gasteiger partial charge in [0.2, 0.25) is 0 Å². The van der Waals surface area contributed by atoms with Gasteiger partial charge in [-0.25, -0.2) is 0 Å². The van der Waals surface area contributed by atoms with E-state index < -0.39 is 21.3 Å². The summed E-state index contributed by atoms with van der Waals surface area (Å²) in [7, 11) is 0. The van der Waals surface area contributed by atoms with Gasteiger partial charge in [-0.3, -0.25) is 0 Å². The van der Waals surface area contributed by atoms with E-state index in [2.05, 4.69) is 152 Å². The standard InChI is InChI=1S/C21H25.C15H14.C5H5.2ClH.Zr/c1-20(2,3)16-7-9-18-14(12-16)11-15-13-17(21(4,5)6)8-10-19(15)18;1-12-5-3-7-14(9-12)11-15-8-4-6-13(2)10-15;1-2-4-5-3-1;;;/h7-10,12H,11H2,1-6H3;3-10H,1-2H3;1-3H,4H2;2*1H;. The second-order valence-corrected chi connectivity index (χ2v) is 20.3. The zero-order chi connectivity index (χ0) is 29.8. The fourth-order valence-corrected chi connectivity index (χ4v) is 15.7. The Balaban J connectivity index is 0.00000221.